The largest absolute Gasteiger partial charge is 0.751 e. The lowest BCUT2D eigenvalue weighted by molar-refractivity contribution is -0.139. The van der Waals surface area contributed by atoms with Gasteiger partial charge in [-0.15, -0.1) is 0 Å². The third-order valence-corrected chi connectivity index (χ3v) is 4.26. The third kappa shape index (κ3) is 4.60. The van der Waals surface area contributed by atoms with Crippen molar-refractivity contribution < 1.29 is 22.5 Å². The molecule has 0 aromatic heterocycles. The quantitative estimate of drug-likeness (QED) is 0.566. The van der Waals surface area contributed by atoms with E-state index < -0.39 is 15.0 Å². The Morgan fingerprint density at radius 1 is 1.21 bits per heavy atom. The molecule has 6 heteroatoms. The maximum Gasteiger partial charge on any atom is 0.751 e. The maximum atomic E-state index is 11.6. The first-order valence-corrected chi connectivity index (χ1v) is 7.33. The number of benzene rings is 1. The molecule has 0 radical (unpaired) electrons. The van der Waals surface area contributed by atoms with Crippen molar-refractivity contribution in [3.63, 3.8) is 0 Å². The SMILES string of the molecule is C=C(C)C(=O)O[Si](OC)(OC)OCc1ccccc1. The minimum atomic E-state index is -3.46. The van der Waals surface area contributed by atoms with E-state index in [1.54, 1.807) is 6.92 Å². The summed E-state index contributed by atoms with van der Waals surface area (Å²) in [7, 11) is -0.700. The van der Waals surface area contributed by atoms with Crippen molar-refractivity contribution in [1.29, 1.82) is 0 Å². The van der Waals surface area contributed by atoms with E-state index in [-0.39, 0.29) is 12.2 Å². The van der Waals surface area contributed by atoms with Gasteiger partial charge in [0.2, 0.25) is 0 Å². The van der Waals surface area contributed by atoms with Gasteiger partial charge in [-0.05, 0) is 12.5 Å². The summed E-state index contributed by atoms with van der Waals surface area (Å²) in [5.74, 6) is -0.594. The Balaban J connectivity index is 2.71. The molecule has 1 rings (SSSR count). The molecule has 0 heterocycles. The van der Waals surface area contributed by atoms with Crippen LogP contribution in [0.2, 0.25) is 0 Å². The van der Waals surface area contributed by atoms with E-state index in [0.717, 1.165) is 5.56 Å². The average Bonchev–Trinajstić information content (AvgIpc) is 2.44. The predicted octanol–water partition coefficient (Wildman–Crippen LogP) is 2.05. The smallest absolute Gasteiger partial charge is 0.448 e. The predicted molar refractivity (Wildman–Crippen MR) is 71.9 cm³/mol. The van der Waals surface area contributed by atoms with Crippen molar-refractivity contribution in [2.24, 2.45) is 0 Å². The summed E-state index contributed by atoms with van der Waals surface area (Å²) >= 11 is 0. The highest BCUT2D eigenvalue weighted by Gasteiger charge is 2.48. The zero-order valence-electron chi connectivity index (χ0n) is 11.3. The average molecular weight is 282 g/mol. The molecule has 0 saturated heterocycles. The Morgan fingerprint density at radius 2 is 1.79 bits per heavy atom. The first-order valence-electron chi connectivity index (χ1n) is 5.70. The topological polar surface area (TPSA) is 54.0 Å². The van der Waals surface area contributed by atoms with Crippen molar-refractivity contribution >= 4 is 15.0 Å². The van der Waals surface area contributed by atoms with Crippen molar-refractivity contribution in [3.05, 3.63) is 48.0 Å². The normalized spacial score (nSPS) is 11.1. The Morgan fingerprint density at radius 3 is 2.26 bits per heavy atom. The lowest BCUT2D eigenvalue weighted by Crippen LogP contribution is -2.48. The van der Waals surface area contributed by atoms with Crippen LogP contribution in [0, 0.1) is 0 Å². The minimum absolute atomic E-state index is 0.234. The van der Waals surface area contributed by atoms with Crippen LogP contribution >= 0.6 is 0 Å². The summed E-state index contributed by atoms with van der Waals surface area (Å²) in [6, 6.07) is 9.47. The van der Waals surface area contributed by atoms with Gasteiger partial charge < -0.3 is 17.7 Å². The fraction of sp³-hybridized carbons (Fsp3) is 0.308. The Kier molecular flexibility index (Phi) is 5.90. The second-order valence-electron chi connectivity index (χ2n) is 3.85. The van der Waals surface area contributed by atoms with Crippen LogP contribution in [-0.2, 0) is 29.1 Å². The molecule has 19 heavy (non-hydrogen) atoms. The Bertz CT molecular complexity index is 428. The highest BCUT2D eigenvalue weighted by atomic mass is 28.4. The minimum Gasteiger partial charge on any atom is -0.448 e. The molecule has 0 aliphatic heterocycles. The molecule has 104 valence electrons. The monoisotopic (exact) mass is 282 g/mol. The molecule has 0 bridgehead atoms. The summed E-state index contributed by atoms with van der Waals surface area (Å²) in [6.07, 6.45) is 0. The summed E-state index contributed by atoms with van der Waals surface area (Å²) in [6.45, 7) is 5.29. The third-order valence-electron chi connectivity index (χ3n) is 2.32. The van der Waals surface area contributed by atoms with Crippen LogP contribution in [0.1, 0.15) is 12.5 Å². The zero-order valence-corrected chi connectivity index (χ0v) is 12.3. The second kappa shape index (κ2) is 7.20. The number of hydrogen-bond acceptors (Lipinski definition) is 5. The summed E-state index contributed by atoms with van der Waals surface area (Å²) < 4.78 is 21.0. The summed E-state index contributed by atoms with van der Waals surface area (Å²) in [5.41, 5.74) is 1.19. The van der Waals surface area contributed by atoms with Gasteiger partial charge in [0.25, 0.3) is 0 Å². The zero-order chi connectivity index (χ0) is 14.3. The van der Waals surface area contributed by atoms with Gasteiger partial charge in [0.05, 0.1) is 6.61 Å². The molecular formula is C13H18O5Si. The van der Waals surface area contributed by atoms with Crippen LogP contribution in [0.25, 0.3) is 0 Å². The summed E-state index contributed by atoms with van der Waals surface area (Å²) in [5, 5.41) is 0. The van der Waals surface area contributed by atoms with Gasteiger partial charge in [0.1, 0.15) is 0 Å². The van der Waals surface area contributed by atoms with E-state index in [1.807, 2.05) is 30.3 Å². The molecule has 0 fully saturated rings. The molecule has 0 spiro atoms. The van der Waals surface area contributed by atoms with E-state index >= 15 is 0 Å². The molecule has 0 unspecified atom stereocenters. The van der Waals surface area contributed by atoms with Crippen LogP contribution in [0.15, 0.2) is 42.5 Å². The first-order chi connectivity index (χ1) is 9.03. The summed E-state index contributed by atoms with van der Waals surface area (Å²) in [4.78, 5) is 11.6. The standard InChI is InChI=1S/C13H18O5Si/c1-11(2)13(14)18-19(15-3,16-4)17-10-12-8-6-5-7-9-12/h5-9H,1,10H2,2-4H3. The molecule has 0 N–H and O–H groups in total. The molecule has 0 saturated carbocycles. The fourth-order valence-corrected chi connectivity index (χ4v) is 2.63. The first kappa shape index (κ1) is 15.6. The number of carbonyl (C=O) groups is 1. The second-order valence-corrected chi connectivity index (χ2v) is 6.16. The van der Waals surface area contributed by atoms with Crippen LogP contribution in [0.5, 0.6) is 0 Å². The fourth-order valence-electron chi connectivity index (χ4n) is 1.26. The van der Waals surface area contributed by atoms with E-state index in [1.165, 1.54) is 14.2 Å². The van der Waals surface area contributed by atoms with Gasteiger partial charge in [-0.3, -0.25) is 0 Å². The lowest BCUT2D eigenvalue weighted by Gasteiger charge is -2.24. The van der Waals surface area contributed by atoms with E-state index in [0.29, 0.717) is 0 Å². The Labute approximate surface area is 114 Å². The number of rotatable bonds is 7. The number of hydrogen-bond donors (Lipinski definition) is 0. The van der Waals surface area contributed by atoms with E-state index in [9.17, 15) is 4.79 Å². The molecule has 1 aromatic rings. The molecule has 1 aromatic carbocycles. The van der Waals surface area contributed by atoms with E-state index in [2.05, 4.69) is 6.58 Å². The van der Waals surface area contributed by atoms with Gasteiger partial charge in [-0.25, -0.2) is 4.79 Å². The van der Waals surface area contributed by atoms with Crippen molar-refractivity contribution in [2.75, 3.05) is 14.2 Å². The molecule has 0 amide bonds. The highest BCUT2D eigenvalue weighted by molar-refractivity contribution is 6.55. The van der Waals surface area contributed by atoms with Gasteiger partial charge in [0.15, 0.2) is 0 Å². The van der Waals surface area contributed by atoms with Gasteiger partial charge in [-0.1, -0.05) is 36.9 Å². The molecule has 0 aliphatic carbocycles. The van der Waals surface area contributed by atoms with Crippen LogP contribution in [-0.4, -0.2) is 29.2 Å². The van der Waals surface area contributed by atoms with Crippen molar-refractivity contribution in [1.82, 2.24) is 0 Å². The lowest BCUT2D eigenvalue weighted by atomic mass is 10.2. The molecular weight excluding hydrogens is 264 g/mol. The highest BCUT2D eigenvalue weighted by Crippen LogP contribution is 2.14. The Hall–Kier alpha value is -1.47. The molecule has 0 aliphatic rings. The van der Waals surface area contributed by atoms with Crippen LogP contribution in [0.4, 0.5) is 0 Å². The molecule has 5 nitrogen and oxygen atoms in total. The van der Waals surface area contributed by atoms with Crippen LogP contribution < -0.4 is 0 Å². The molecule has 0 atom stereocenters. The van der Waals surface area contributed by atoms with E-state index in [4.69, 9.17) is 17.7 Å². The van der Waals surface area contributed by atoms with Gasteiger partial charge >= 0.3 is 15.0 Å². The number of carbonyl (C=O) groups excluding carboxylic acids is 1. The van der Waals surface area contributed by atoms with Gasteiger partial charge in [-0.2, -0.15) is 0 Å². The maximum absolute atomic E-state index is 11.6. The van der Waals surface area contributed by atoms with Crippen molar-refractivity contribution in [3.8, 4) is 0 Å². The van der Waals surface area contributed by atoms with Crippen molar-refractivity contribution in [2.45, 2.75) is 13.5 Å². The van der Waals surface area contributed by atoms with Crippen LogP contribution in [0.3, 0.4) is 0 Å². The van der Waals surface area contributed by atoms with Gasteiger partial charge in [0, 0.05) is 19.8 Å².